The highest BCUT2D eigenvalue weighted by Crippen LogP contribution is 2.32. The molecule has 0 unspecified atom stereocenters. The van der Waals surface area contributed by atoms with Crippen molar-refractivity contribution in [3.63, 3.8) is 0 Å². The molecule has 3 aromatic rings. The van der Waals surface area contributed by atoms with Gasteiger partial charge in [-0.2, -0.15) is 5.10 Å². The lowest BCUT2D eigenvalue weighted by atomic mass is 10.1. The number of hydrogen-bond acceptors (Lipinski definition) is 5. The van der Waals surface area contributed by atoms with Crippen LogP contribution >= 0.6 is 0 Å². The van der Waals surface area contributed by atoms with Crippen LogP contribution in [-0.2, 0) is 11.3 Å². The summed E-state index contributed by atoms with van der Waals surface area (Å²) < 4.78 is 19.5. The maximum absolute atomic E-state index is 13.1. The van der Waals surface area contributed by atoms with E-state index in [2.05, 4.69) is 5.10 Å². The van der Waals surface area contributed by atoms with E-state index in [1.54, 1.807) is 37.4 Å². The van der Waals surface area contributed by atoms with Crippen molar-refractivity contribution in [1.29, 1.82) is 0 Å². The van der Waals surface area contributed by atoms with Crippen LogP contribution in [0, 0.1) is 5.82 Å². The van der Waals surface area contributed by atoms with E-state index in [1.807, 2.05) is 0 Å². The summed E-state index contributed by atoms with van der Waals surface area (Å²) in [7, 11) is 1.61. The summed E-state index contributed by atoms with van der Waals surface area (Å²) in [6, 6.07) is 13.3. The molecule has 1 aliphatic heterocycles. The number of rotatable bonds is 4. The molecule has 4 rings (SSSR count). The minimum Gasteiger partial charge on any atom is -0.482 e. The molecule has 2 aromatic carbocycles. The summed E-state index contributed by atoms with van der Waals surface area (Å²) in [5.41, 5.74) is 1.46. The molecule has 7 nitrogen and oxygen atoms in total. The second kappa shape index (κ2) is 7.31. The predicted molar refractivity (Wildman–Crippen MR) is 104 cm³/mol. The van der Waals surface area contributed by atoms with Gasteiger partial charge in [0.25, 0.3) is 11.5 Å². The van der Waals surface area contributed by atoms with Gasteiger partial charge in [0.05, 0.1) is 11.4 Å². The first-order valence-electron chi connectivity index (χ1n) is 8.83. The van der Waals surface area contributed by atoms with Crippen LogP contribution in [0.3, 0.4) is 0 Å². The molecule has 1 aliphatic rings. The van der Waals surface area contributed by atoms with E-state index < -0.39 is 5.56 Å². The van der Waals surface area contributed by atoms with E-state index in [4.69, 9.17) is 4.74 Å². The molecule has 0 N–H and O–H groups in total. The summed E-state index contributed by atoms with van der Waals surface area (Å²) in [5, 5.41) is 4.22. The van der Waals surface area contributed by atoms with Crippen LogP contribution in [0.25, 0.3) is 11.3 Å². The number of anilines is 1. The fraction of sp³-hybridized carbons (Fsp3) is 0.143. The van der Waals surface area contributed by atoms with Crippen molar-refractivity contribution in [2.75, 3.05) is 18.6 Å². The van der Waals surface area contributed by atoms with Gasteiger partial charge in [0.1, 0.15) is 18.1 Å². The molecule has 146 valence electrons. The molecule has 8 heteroatoms. The average molecular weight is 393 g/mol. The van der Waals surface area contributed by atoms with Gasteiger partial charge in [-0.1, -0.05) is 0 Å². The standard InChI is InChI=1S/C21H16FN3O4/c1-24-17-10-14(4-8-19(17)29-12-21(24)28)18(26)11-25-20(27)9-7-16(23-25)13-2-5-15(22)6-3-13/h2-10H,11-12H2,1H3. The SMILES string of the molecule is CN1C(=O)COc2ccc(C(=O)Cn3nc(-c4ccc(F)cc4)ccc3=O)cc21. The largest absolute Gasteiger partial charge is 0.482 e. The molecule has 0 atom stereocenters. The van der Waals surface area contributed by atoms with Gasteiger partial charge in [0.2, 0.25) is 0 Å². The molecule has 1 aromatic heterocycles. The van der Waals surface area contributed by atoms with Gasteiger partial charge in [-0.05, 0) is 48.5 Å². The van der Waals surface area contributed by atoms with Crippen molar-refractivity contribution in [2.45, 2.75) is 6.54 Å². The number of ketones is 1. The van der Waals surface area contributed by atoms with Crippen molar-refractivity contribution in [2.24, 2.45) is 0 Å². The Hall–Kier alpha value is -3.81. The summed E-state index contributed by atoms with van der Waals surface area (Å²) in [6.07, 6.45) is 0. The number of carbonyl (C=O) groups is 2. The van der Waals surface area contributed by atoms with Gasteiger partial charge in [0, 0.05) is 24.2 Å². The van der Waals surface area contributed by atoms with Crippen LogP contribution in [0.1, 0.15) is 10.4 Å². The van der Waals surface area contributed by atoms with E-state index in [0.717, 1.165) is 4.68 Å². The number of halogens is 1. The Bertz CT molecular complexity index is 1170. The lowest BCUT2D eigenvalue weighted by Gasteiger charge is -2.26. The number of hydrogen-bond donors (Lipinski definition) is 0. The Morgan fingerprint density at radius 3 is 2.62 bits per heavy atom. The first-order chi connectivity index (χ1) is 13.9. The van der Waals surface area contributed by atoms with E-state index in [-0.39, 0.29) is 30.7 Å². The summed E-state index contributed by atoms with van der Waals surface area (Å²) in [6.45, 7) is -0.322. The van der Waals surface area contributed by atoms with E-state index in [1.165, 1.54) is 29.2 Å². The zero-order valence-corrected chi connectivity index (χ0v) is 15.5. The molecule has 1 amide bonds. The van der Waals surface area contributed by atoms with E-state index in [9.17, 15) is 18.8 Å². The number of ether oxygens (including phenoxy) is 1. The Morgan fingerprint density at radius 2 is 1.86 bits per heavy atom. The van der Waals surface area contributed by atoms with Crippen LogP contribution in [0.5, 0.6) is 5.75 Å². The van der Waals surface area contributed by atoms with Gasteiger partial charge >= 0.3 is 0 Å². The highest BCUT2D eigenvalue weighted by atomic mass is 19.1. The molecule has 0 fully saturated rings. The second-order valence-corrected chi connectivity index (χ2v) is 6.57. The molecule has 29 heavy (non-hydrogen) atoms. The summed E-state index contributed by atoms with van der Waals surface area (Å²) in [5.74, 6) is -0.425. The van der Waals surface area contributed by atoms with Gasteiger partial charge in [-0.25, -0.2) is 9.07 Å². The molecule has 0 aliphatic carbocycles. The number of amides is 1. The lowest BCUT2D eigenvalue weighted by Crippen LogP contribution is -2.35. The van der Waals surface area contributed by atoms with Crippen LogP contribution in [0.2, 0.25) is 0 Å². The Morgan fingerprint density at radius 1 is 1.10 bits per heavy atom. The number of Topliss-reactive ketones (excluding diaryl/α,β-unsaturated/α-hetero) is 1. The maximum atomic E-state index is 13.1. The van der Waals surface area contributed by atoms with Gasteiger partial charge in [-0.3, -0.25) is 14.4 Å². The predicted octanol–water partition coefficient (Wildman–Crippen LogP) is 2.29. The Labute approximate surface area is 165 Å². The van der Waals surface area contributed by atoms with Crippen molar-refractivity contribution in [1.82, 2.24) is 9.78 Å². The third-order valence-electron chi connectivity index (χ3n) is 4.67. The fourth-order valence-corrected chi connectivity index (χ4v) is 3.01. The van der Waals surface area contributed by atoms with Crippen LogP contribution in [-0.4, -0.2) is 35.1 Å². The Kier molecular flexibility index (Phi) is 4.67. The van der Waals surface area contributed by atoms with E-state index >= 15 is 0 Å². The average Bonchev–Trinajstić information content (AvgIpc) is 2.73. The third kappa shape index (κ3) is 3.64. The van der Waals surface area contributed by atoms with Gasteiger partial charge in [-0.15, -0.1) is 0 Å². The monoisotopic (exact) mass is 393 g/mol. The maximum Gasteiger partial charge on any atom is 0.267 e. The second-order valence-electron chi connectivity index (χ2n) is 6.57. The molecule has 0 bridgehead atoms. The number of benzene rings is 2. The number of aromatic nitrogens is 2. The van der Waals surface area contributed by atoms with Crippen molar-refractivity contribution in [3.05, 3.63) is 76.3 Å². The quantitative estimate of drug-likeness (QED) is 0.636. The highest BCUT2D eigenvalue weighted by molar-refractivity contribution is 6.01. The fourth-order valence-electron chi connectivity index (χ4n) is 3.01. The van der Waals surface area contributed by atoms with Crippen molar-refractivity contribution in [3.8, 4) is 17.0 Å². The normalized spacial score (nSPS) is 13.0. The minimum absolute atomic E-state index is 0.0493. The van der Waals surface area contributed by atoms with Gasteiger partial charge < -0.3 is 9.64 Å². The van der Waals surface area contributed by atoms with Crippen molar-refractivity contribution < 1.29 is 18.7 Å². The zero-order valence-electron chi connectivity index (χ0n) is 15.5. The Balaban J connectivity index is 1.62. The van der Waals surface area contributed by atoms with Gasteiger partial charge in [0.15, 0.2) is 12.4 Å². The molecule has 0 saturated heterocycles. The number of nitrogens with zero attached hydrogens (tertiary/aromatic N) is 3. The lowest BCUT2D eigenvalue weighted by molar-refractivity contribution is -0.120. The molecule has 0 spiro atoms. The number of likely N-dealkylation sites (N-methyl/N-ethyl adjacent to an activating group) is 1. The molecular weight excluding hydrogens is 377 g/mol. The topological polar surface area (TPSA) is 81.5 Å². The summed E-state index contributed by atoms with van der Waals surface area (Å²) >= 11 is 0. The molecular formula is C21H16FN3O4. The third-order valence-corrected chi connectivity index (χ3v) is 4.67. The molecule has 0 radical (unpaired) electrons. The molecule has 0 saturated carbocycles. The number of carbonyl (C=O) groups excluding carboxylic acids is 2. The molecule has 2 heterocycles. The minimum atomic E-state index is -0.433. The highest BCUT2D eigenvalue weighted by Gasteiger charge is 2.23. The number of fused-ring (bicyclic) bond motifs is 1. The first kappa shape index (κ1) is 18.5. The summed E-state index contributed by atoms with van der Waals surface area (Å²) in [4.78, 5) is 38.1. The van der Waals surface area contributed by atoms with E-state index in [0.29, 0.717) is 28.3 Å². The van der Waals surface area contributed by atoms with Crippen LogP contribution in [0.15, 0.2) is 59.4 Å². The van der Waals surface area contributed by atoms with Crippen molar-refractivity contribution >= 4 is 17.4 Å². The smallest absolute Gasteiger partial charge is 0.267 e. The zero-order chi connectivity index (χ0) is 20.5. The van der Waals surface area contributed by atoms with Crippen LogP contribution in [0.4, 0.5) is 10.1 Å². The first-order valence-corrected chi connectivity index (χ1v) is 8.83. The van der Waals surface area contributed by atoms with Crippen LogP contribution < -0.4 is 15.2 Å².